The zero-order chi connectivity index (χ0) is 14.2. The van der Waals surface area contributed by atoms with Crippen molar-refractivity contribution in [2.75, 3.05) is 0 Å². The largest absolute Gasteiger partial charge is 0 e. The number of nitrogens with one attached hydrogen (secondary N) is 1. The Hall–Kier alpha value is 0.301. The predicted molar refractivity (Wildman–Crippen MR) is 98.6 cm³/mol. The van der Waals surface area contributed by atoms with Gasteiger partial charge >= 0.3 is 35.6 Å². The van der Waals surface area contributed by atoms with Gasteiger partial charge in [-0.1, -0.05) is 33.8 Å². The van der Waals surface area contributed by atoms with Gasteiger partial charge in [0.2, 0.25) is 0 Å². The van der Waals surface area contributed by atoms with Crippen molar-refractivity contribution < 1.29 is 17.0 Å². The third-order valence-corrected chi connectivity index (χ3v) is 1.76. The van der Waals surface area contributed by atoms with Crippen molar-refractivity contribution in [2.24, 2.45) is 0 Å². The molecule has 2 rings (SSSR count). The van der Waals surface area contributed by atoms with Crippen molar-refractivity contribution in [2.45, 2.75) is 33.2 Å². The molecule has 1 N–H and O–H groups in total. The van der Waals surface area contributed by atoms with Crippen LogP contribution in [0.2, 0.25) is 0 Å². The van der Waals surface area contributed by atoms with Gasteiger partial charge in [-0.3, -0.25) is 0 Å². The molecule has 0 fully saturated rings. The van der Waals surface area contributed by atoms with E-state index in [4.69, 9.17) is 24.3 Å². The van der Waals surface area contributed by atoms with E-state index in [1.807, 2.05) is 20.8 Å². The van der Waals surface area contributed by atoms with Crippen LogP contribution in [0.15, 0.2) is 36.4 Å². The molecular weight excluding hydrogens is 353 g/mol. The smallest absolute Gasteiger partial charge is 0 e. The summed E-state index contributed by atoms with van der Waals surface area (Å²) in [5.74, 6) is 0. The SMILES string of the molecule is CC(C)(C)[NH-].Cc1cc2ccccc2[cH-]1.[CH3-].[CH3-].[Cl][Ti+4][Cl].[Si]. The summed E-state index contributed by atoms with van der Waals surface area (Å²) in [7, 11) is 9.78. The topological polar surface area (TPSA) is 23.8 Å². The average Bonchev–Trinajstić information content (AvgIpc) is 2.56. The Morgan fingerprint density at radius 3 is 1.86 bits per heavy atom. The van der Waals surface area contributed by atoms with Crippen LogP contribution in [0.25, 0.3) is 16.5 Å². The summed E-state index contributed by atoms with van der Waals surface area (Å²) in [6.45, 7) is 7.69. The average molecular weight is 378 g/mol. The third-order valence-electron chi connectivity index (χ3n) is 1.76. The van der Waals surface area contributed by atoms with Crippen LogP contribution in [0.3, 0.4) is 0 Å². The van der Waals surface area contributed by atoms with E-state index in [9.17, 15) is 0 Å². The fourth-order valence-corrected chi connectivity index (χ4v) is 1.31. The minimum Gasteiger partial charge on any atom is 0 e. The fourth-order valence-electron chi connectivity index (χ4n) is 1.31. The van der Waals surface area contributed by atoms with Gasteiger partial charge in [0.25, 0.3) is 0 Å². The zero-order valence-electron chi connectivity index (χ0n) is 13.7. The van der Waals surface area contributed by atoms with E-state index in [2.05, 4.69) is 43.3 Å². The van der Waals surface area contributed by atoms with Crippen LogP contribution in [0.4, 0.5) is 0 Å². The molecule has 1 nitrogen and oxygen atoms in total. The zero-order valence-corrected chi connectivity index (χ0v) is 17.8. The second-order valence-corrected chi connectivity index (χ2v) is 7.56. The number of hydrogen-bond acceptors (Lipinski definition) is 0. The Bertz CT molecular complexity index is 414. The molecule has 0 aromatic heterocycles. The van der Waals surface area contributed by atoms with Crippen molar-refractivity contribution in [1.82, 2.24) is 0 Å². The maximum Gasteiger partial charge on any atom is 0 e. The van der Waals surface area contributed by atoms with Gasteiger partial charge in [-0.25, -0.2) is 0 Å². The molecule has 0 saturated carbocycles. The minimum absolute atomic E-state index is 0. The number of aryl methyl sites for hydroxylation is 1. The van der Waals surface area contributed by atoms with E-state index in [-0.39, 0.29) is 31.4 Å². The molecule has 0 unspecified atom stereocenters. The van der Waals surface area contributed by atoms with Crippen molar-refractivity contribution in [3.8, 4) is 0 Å². The van der Waals surface area contributed by atoms with Gasteiger partial charge in [0.05, 0.1) is 0 Å². The maximum absolute atomic E-state index is 6.94. The Labute approximate surface area is 152 Å². The first kappa shape index (κ1) is 29.3. The molecule has 2 aromatic rings. The first-order valence-electron chi connectivity index (χ1n) is 5.61. The van der Waals surface area contributed by atoms with Gasteiger partial charge in [0.15, 0.2) is 0 Å². The van der Waals surface area contributed by atoms with E-state index in [1.54, 1.807) is 0 Å². The second kappa shape index (κ2) is 15.2. The summed E-state index contributed by atoms with van der Waals surface area (Å²) in [5.41, 5.74) is 8.04. The standard InChI is InChI=1S/C10H9.C4H10N.2CH3.2ClH.Si.Ti/c1-8-6-9-4-2-3-5-10(9)7-8;1-4(2,3)5;;;;;;/h2-7H,1H3;5H,1-3H3;2*1H3;2*1H;;/q4*-1;;;;+6/p-2. The number of halogens is 2. The molecule has 0 saturated heterocycles. The van der Waals surface area contributed by atoms with E-state index < -0.39 is 17.0 Å². The van der Waals surface area contributed by atoms with E-state index in [0.29, 0.717) is 0 Å². The van der Waals surface area contributed by atoms with Crippen LogP contribution < -0.4 is 0 Å². The molecule has 0 bridgehead atoms. The Morgan fingerprint density at radius 2 is 1.48 bits per heavy atom. The predicted octanol–water partition coefficient (Wildman–Crippen LogP) is 6.60. The van der Waals surface area contributed by atoms with Gasteiger partial charge in [-0.05, 0) is 0 Å². The molecule has 0 atom stereocenters. The van der Waals surface area contributed by atoms with Gasteiger partial charge in [-0.2, -0.15) is 6.07 Å². The molecule has 0 amide bonds. The Morgan fingerprint density at radius 1 is 1.10 bits per heavy atom. The number of benzene rings is 1. The van der Waals surface area contributed by atoms with E-state index >= 15 is 0 Å². The summed E-state index contributed by atoms with van der Waals surface area (Å²) in [4.78, 5) is 0. The Kier molecular flexibility index (Phi) is 21.2. The summed E-state index contributed by atoms with van der Waals surface area (Å²) in [6.07, 6.45) is 0. The molecule has 0 heterocycles. The van der Waals surface area contributed by atoms with Crippen molar-refractivity contribution in [3.63, 3.8) is 0 Å². The monoisotopic (exact) mass is 377 g/mol. The van der Waals surface area contributed by atoms with Crippen LogP contribution in [0.5, 0.6) is 0 Å². The molecule has 5 heteroatoms. The molecule has 0 spiro atoms. The number of fused-ring (bicyclic) bond motifs is 1. The molecule has 2 aromatic carbocycles. The van der Waals surface area contributed by atoms with Crippen molar-refractivity contribution >= 4 is 40.3 Å². The first-order chi connectivity index (χ1) is 8.27. The van der Waals surface area contributed by atoms with Crippen LogP contribution in [0, 0.1) is 21.8 Å². The van der Waals surface area contributed by atoms with Crippen LogP contribution >= 0.6 is 18.6 Å². The number of hydrogen-bond donors (Lipinski definition) is 0. The summed E-state index contributed by atoms with van der Waals surface area (Å²) >= 11 is -0.556. The minimum atomic E-state index is -0.556. The van der Waals surface area contributed by atoms with Gasteiger partial charge in [-0.15, -0.1) is 46.1 Å². The molecule has 4 radical (unpaired) electrons. The van der Waals surface area contributed by atoms with E-state index in [1.165, 1.54) is 16.3 Å². The summed E-state index contributed by atoms with van der Waals surface area (Å²) in [6, 6.07) is 12.8. The fraction of sp³-hybridized carbons (Fsp3) is 0.312. The molecule has 21 heavy (non-hydrogen) atoms. The van der Waals surface area contributed by atoms with Crippen LogP contribution in [-0.4, -0.2) is 16.5 Å². The van der Waals surface area contributed by atoms with Crippen molar-refractivity contribution in [3.05, 3.63) is 62.5 Å². The van der Waals surface area contributed by atoms with Crippen LogP contribution in [-0.2, 0) is 17.0 Å². The maximum atomic E-state index is 6.94. The van der Waals surface area contributed by atoms with E-state index in [0.717, 1.165) is 0 Å². The summed E-state index contributed by atoms with van der Waals surface area (Å²) in [5, 5.41) is 2.69. The van der Waals surface area contributed by atoms with Gasteiger partial charge < -0.3 is 20.6 Å². The third kappa shape index (κ3) is 18.3. The first-order valence-corrected chi connectivity index (χ1v) is 9.91. The van der Waals surface area contributed by atoms with Crippen LogP contribution in [0.1, 0.15) is 26.3 Å². The van der Waals surface area contributed by atoms with Gasteiger partial charge in [0, 0.05) is 11.0 Å². The second-order valence-electron chi connectivity index (χ2n) is 4.98. The molecule has 0 aliphatic heterocycles. The summed E-state index contributed by atoms with van der Waals surface area (Å²) < 4.78 is 0. The quantitative estimate of drug-likeness (QED) is 0.364. The molecule has 0 aliphatic rings. The van der Waals surface area contributed by atoms with Crippen molar-refractivity contribution in [1.29, 1.82) is 0 Å². The molecule has 116 valence electrons. The number of rotatable bonds is 0. The Balaban J connectivity index is -0.000000116. The van der Waals surface area contributed by atoms with Gasteiger partial charge in [0.1, 0.15) is 0 Å². The normalized spacial score (nSPS) is 8.90. The molecular formula is C16H25Cl2NSiTi. The molecule has 0 aliphatic carbocycles.